The van der Waals surface area contributed by atoms with Crippen molar-refractivity contribution in [3.05, 3.63) is 65.2 Å². The van der Waals surface area contributed by atoms with Crippen LogP contribution in [0.5, 0.6) is 5.75 Å². The molecule has 150 valence electrons. The molecule has 0 aliphatic heterocycles. The van der Waals surface area contributed by atoms with Crippen molar-refractivity contribution in [3.8, 4) is 28.1 Å². The van der Waals surface area contributed by atoms with Crippen LogP contribution in [0.4, 0.5) is 5.82 Å². The summed E-state index contributed by atoms with van der Waals surface area (Å²) in [6, 6.07) is 16.0. The molecule has 0 atom stereocenters. The Morgan fingerprint density at radius 3 is 2.69 bits per heavy atom. The van der Waals surface area contributed by atoms with E-state index >= 15 is 0 Å². The van der Waals surface area contributed by atoms with Crippen LogP contribution in [0.2, 0.25) is 5.02 Å². The Labute approximate surface area is 174 Å². The van der Waals surface area contributed by atoms with Gasteiger partial charge < -0.3 is 20.9 Å². The molecule has 3 aromatic rings. The Bertz CT molecular complexity index is 1020. The maximum Gasteiger partial charge on any atom is 0.252 e. The summed E-state index contributed by atoms with van der Waals surface area (Å²) in [5, 5.41) is 13.8. The van der Waals surface area contributed by atoms with E-state index in [0.29, 0.717) is 35.2 Å². The van der Waals surface area contributed by atoms with Gasteiger partial charge >= 0.3 is 0 Å². The molecule has 1 aromatic heterocycles. The van der Waals surface area contributed by atoms with Crippen LogP contribution in [0.15, 0.2) is 54.6 Å². The van der Waals surface area contributed by atoms with Crippen molar-refractivity contribution in [2.45, 2.75) is 6.42 Å². The normalized spacial score (nSPS) is 10.7. The quantitative estimate of drug-likeness (QED) is 0.479. The molecule has 1 heterocycles. The summed E-state index contributed by atoms with van der Waals surface area (Å²) in [5.74, 6) is -0.201. The largest absolute Gasteiger partial charge is 0.507 e. The zero-order chi connectivity index (χ0) is 20.8. The van der Waals surface area contributed by atoms with E-state index in [9.17, 15) is 9.90 Å². The topological polar surface area (TPSA) is 97.5 Å². The first kappa shape index (κ1) is 20.6. The molecule has 0 bridgehead atoms. The molecule has 0 unspecified atom stereocenters. The number of methoxy groups -OCH3 is 1. The number of nitrogens with one attached hydrogen (secondary N) is 1. The zero-order valence-electron chi connectivity index (χ0n) is 16.0. The molecule has 2 aromatic carbocycles. The maximum atomic E-state index is 11.6. The van der Waals surface area contributed by atoms with Crippen LogP contribution < -0.4 is 11.1 Å². The fourth-order valence-corrected chi connectivity index (χ4v) is 3.19. The predicted octanol–water partition coefficient (Wildman–Crippen LogP) is 4.32. The summed E-state index contributed by atoms with van der Waals surface area (Å²) in [6.07, 6.45) is 0.828. The number of amides is 1. The molecule has 0 radical (unpaired) electrons. The molecule has 4 N–H and O–H groups in total. The number of nitrogens with two attached hydrogens (primary N) is 1. The smallest absolute Gasteiger partial charge is 0.252 e. The van der Waals surface area contributed by atoms with Crippen LogP contribution in [-0.4, -0.2) is 36.3 Å². The minimum Gasteiger partial charge on any atom is -0.507 e. The lowest BCUT2D eigenvalue weighted by atomic mass is 10.0. The molecule has 7 heteroatoms. The molecule has 0 aliphatic carbocycles. The number of halogens is 1. The third kappa shape index (κ3) is 5.04. The highest BCUT2D eigenvalue weighted by atomic mass is 35.5. The number of primary amides is 1. The number of rotatable bonds is 8. The van der Waals surface area contributed by atoms with Crippen molar-refractivity contribution < 1.29 is 14.6 Å². The minimum atomic E-state index is -0.704. The second-order valence-corrected chi connectivity index (χ2v) is 6.88. The fraction of sp³-hybridized carbons (Fsp3) is 0.182. The third-order valence-electron chi connectivity index (χ3n) is 4.40. The van der Waals surface area contributed by atoms with Crippen molar-refractivity contribution in [3.63, 3.8) is 0 Å². The highest BCUT2D eigenvalue weighted by Gasteiger charge is 2.13. The second kappa shape index (κ2) is 9.41. The molecule has 3 rings (SSSR count). The van der Waals surface area contributed by atoms with E-state index in [1.54, 1.807) is 13.2 Å². The van der Waals surface area contributed by atoms with Crippen molar-refractivity contribution in [2.75, 3.05) is 25.6 Å². The Hall–Kier alpha value is -3.09. The predicted molar refractivity (Wildman–Crippen MR) is 115 cm³/mol. The SMILES string of the molecule is COCCCNc1cc(-c2ccccc2Cl)cc(-c2ccc(O)c(C(N)=O)c2)n1. The average molecular weight is 412 g/mol. The van der Waals surface area contributed by atoms with E-state index in [-0.39, 0.29) is 11.3 Å². The number of carbonyl (C=O) groups excluding carboxylic acids is 1. The fourth-order valence-electron chi connectivity index (χ4n) is 2.95. The molecule has 1 amide bonds. The highest BCUT2D eigenvalue weighted by molar-refractivity contribution is 6.33. The van der Waals surface area contributed by atoms with E-state index in [2.05, 4.69) is 10.3 Å². The van der Waals surface area contributed by atoms with Gasteiger partial charge in [-0.1, -0.05) is 29.8 Å². The average Bonchev–Trinajstić information content (AvgIpc) is 2.71. The highest BCUT2D eigenvalue weighted by Crippen LogP contribution is 2.33. The summed E-state index contributed by atoms with van der Waals surface area (Å²) in [5.41, 5.74) is 8.44. The number of anilines is 1. The van der Waals surface area contributed by atoms with Gasteiger partial charge in [-0.3, -0.25) is 4.79 Å². The summed E-state index contributed by atoms with van der Waals surface area (Å²) in [4.78, 5) is 16.3. The Morgan fingerprint density at radius 2 is 1.97 bits per heavy atom. The van der Waals surface area contributed by atoms with Gasteiger partial charge in [-0.05, 0) is 48.4 Å². The number of carbonyl (C=O) groups is 1. The number of pyridine rings is 1. The van der Waals surface area contributed by atoms with Gasteiger partial charge in [0.15, 0.2) is 0 Å². The van der Waals surface area contributed by atoms with Crippen LogP contribution in [0.1, 0.15) is 16.8 Å². The molecular formula is C22H22ClN3O3. The Morgan fingerprint density at radius 1 is 1.17 bits per heavy atom. The molecule has 0 fully saturated rings. The zero-order valence-corrected chi connectivity index (χ0v) is 16.7. The minimum absolute atomic E-state index is 0.0436. The first-order valence-electron chi connectivity index (χ1n) is 9.12. The number of aromatic hydroxyl groups is 1. The Balaban J connectivity index is 2.06. The summed E-state index contributed by atoms with van der Waals surface area (Å²) < 4.78 is 5.08. The lowest BCUT2D eigenvalue weighted by molar-refractivity contribution is 0.0998. The number of phenols is 1. The molecule has 0 spiro atoms. The lowest BCUT2D eigenvalue weighted by Crippen LogP contribution is -2.11. The van der Waals surface area contributed by atoms with Gasteiger partial charge in [0.05, 0.1) is 11.3 Å². The van der Waals surface area contributed by atoms with Gasteiger partial charge in [-0.25, -0.2) is 4.98 Å². The van der Waals surface area contributed by atoms with E-state index in [0.717, 1.165) is 17.5 Å². The van der Waals surface area contributed by atoms with Crippen molar-refractivity contribution >= 4 is 23.3 Å². The van der Waals surface area contributed by atoms with Gasteiger partial charge in [0.1, 0.15) is 11.6 Å². The number of hydrogen-bond acceptors (Lipinski definition) is 5. The monoisotopic (exact) mass is 411 g/mol. The van der Waals surface area contributed by atoms with Crippen LogP contribution >= 0.6 is 11.6 Å². The van der Waals surface area contributed by atoms with Crippen molar-refractivity contribution in [1.29, 1.82) is 0 Å². The third-order valence-corrected chi connectivity index (χ3v) is 4.73. The number of aromatic nitrogens is 1. The first-order valence-corrected chi connectivity index (χ1v) is 9.50. The first-order chi connectivity index (χ1) is 14.0. The van der Waals surface area contributed by atoms with Gasteiger partial charge in [0.2, 0.25) is 0 Å². The molecule has 0 saturated heterocycles. The number of nitrogens with zero attached hydrogens (tertiary/aromatic N) is 1. The van der Waals surface area contributed by atoms with E-state index in [1.165, 1.54) is 12.1 Å². The van der Waals surface area contributed by atoms with Crippen LogP contribution in [-0.2, 0) is 4.74 Å². The van der Waals surface area contributed by atoms with Crippen LogP contribution in [0.25, 0.3) is 22.4 Å². The van der Waals surface area contributed by atoms with E-state index < -0.39 is 5.91 Å². The molecule has 0 saturated carbocycles. The van der Waals surface area contributed by atoms with Crippen LogP contribution in [0.3, 0.4) is 0 Å². The molecule has 6 nitrogen and oxygen atoms in total. The second-order valence-electron chi connectivity index (χ2n) is 6.48. The van der Waals surface area contributed by atoms with E-state index in [4.69, 9.17) is 22.1 Å². The maximum absolute atomic E-state index is 11.6. The molecule has 0 aliphatic rings. The van der Waals surface area contributed by atoms with Crippen molar-refractivity contribution in [2.24, 2.45) is 5.73 Å². The summed E-state index contributed by atoms with van der Waals surface area (Å²) >= 11 is 6.39. The lowest BCUT2D eigenvalue weighted by Gasteiger charge is -2.13. The molecular weight excluding hydrogens is 390 g/mol. The number of ether oxygens (including phenoxy) is 1. The van der Waals surface area contributed by atoms with Gasteiger partial charge in [-0.15, -0.1) is 0 Å². The van der Waals surface area contributed by atoms with Crippen molar-refractivity contribution in [1.82, 2.24) is 4.98 Å². The summed E-state index contributed by atoms with van der Waals surface area (Å²) in [7, 11) is 1.66. The van der Waals surface area contributed by atoms with Gasteiger partial charge in [0.25, 0.3) is 5.91 Å². The number of benzene rings is 2. The van der Waals surface area contributed by atoms with Gasteiger partial charge in [-0.2, -0.15) is 0 Å². The molecule has 29 heavy (non-hydrogen) atoms. The van der Waals surface area contributed by atoms with Crippen LogP contribution in [0, 0.1) is 0 Å². The van der Waals surface area contributed by atoms with E-state index in [1.807, 2.05) is 36.4 Å². The Kier molecular flexibility index (Phi) is 6.69. The standard InChI is InChI=1S/C22H22ClN3O3/c1-29-10-4-9-25-21-13-15(16-5-2-3-6-18(16)23)12-19(26-21)14-7-8-20(27)17(11-14)22(24)28/h2-3,5-8,11-13,27H,4,9-10H2,1H3,(H2,24,28)(H,25,26). The number of hydrogen-bond donors (Lipinski definition) is 3. The van der Waals surface area contributed by atoms with Gasteiger partial charge in [0, 0.05) is 36.4 Å². The summed E-state index contributed by atoms with van der Waals surface area (Å²) in [6.45, 7) is 1.33.